The standard InChI is InChI=1S/C23H28N4O2/c1-15-3-4-18(13-16(15)2)21(28)26-11-8-23(9-12-26)20-19(24-14-25-20)7-10-27(23)22(29)17-5-6-17/h3-4,13-14,17H,5-12H2,1-2H3,(H,24,25). The molecule has 29 heavy (non-hydrogen) atoms. The molecule has 0 atom stereocenters. The maximum absolute atomic E-state index is 13.1. The van der Waals surface area contributed by atoms with Gasteiger partial charge in [0.25, 0.3) is 5.91 Å². The molecule has 152 valence electrons. The molecule has 1 aliphatic carbocycles. The Balaban J connectivity index is 1.40. The van der Waals surface area contributed by atoms with Crippen molar-refractivity contribution in [1.29, 1.82) is 0 Å². The van der Waals surface area contributed by atoms with Gasteiger partial charge in [-0.3, -0.25) is 9.59 Å². The zero-order valence-electron chi connectivity index (χ0n) is 17.2. The van der Waals surface area contributed by atoms with Gasteiger partial charge in [-0.25, -0.2) is 4.98 Å². The summed E-state index contributed by atoms with van der Waals surface area (Å²) in [5.41, 5.74) is 4.89. The summed E-state index contributed by atoms with van der Waals surface area (Å²) in [7, 11) is 0. The Labute approximate surface area is 171 Å². The lowest BCUT2D eigenvalue weighted by atomic mass is 9.78. The van der Waals surface area contributed by atoms with E-state index in [4.69, 9.17) is 0 Å². The number of nitrogens with zero attached hydrogens (tertiary/aromatic N) is 3. The fourth-order valence-corrected chi connectivity index (χ4v) is 4.99. The van der Waals surface area contributed by atoms with Crippen LogP contribution in [0.1, 0.15) is 58.6 Å². The molecule has 0 radical (unpaired) electrons. The minimum atomic E-state index is -0.368. The summed E-state index contributed by atoms with van der Waals surface area (Å²) < 4.78 is 0. The van der Waals surface area contributed by atoms with Crippen LogP contribution in [0.25, 0.3) is 0 Å². The summed E-state index contributed by atoms with van der Waals surface area (Å²) in [4.78, 5) is 38.1. The van der Waals surface area contributed by atoms with Crippen LogP contribution < -0.4 is 0 Å². The van der Waals surface area contributed by atoms with Crippen molar-refractivity contribution < 1.29 is 9.59 Å². The fraction of sp³-hybridized carbons (Fsp3) is 0.522. The van der Waals surface area contributed by atoms with Gasteiger partial charge in [0.05, 0.1) is 17.6 Å². The molecule has 0 unspecified atom stereocenters. The molecule has 1 aromatic heterocycles. The van der Waals surface area contributed by atoms with Crippen LogP contribution in [0.2, 0.25) is 0 Å². The quantitative estimate of drug-likeness (QED) is 0.854. The summed E-state index contributed by atoms with van der Waals surface area (Å²) in [6.45, 7) is 6.14. The molecule has 1 saturated heterocycles. The molecule has 2 aromatic rings. The van der Waals surface area contributed by atoms with Crippen LogP contribution in [0, 0.1) is 19.8 Å². The van der Waals surface area contributed by atoms with Crippen molar-refractivity contribution in [2.45, 2.75) is 51.5 Å². The fourth-order valence-electron chi connectivity index (χ4n) is 4.99. The number of hydrogen-bond donors (Lipinski definition) is 1. The van der Waals surface area contributed by atoms with E-state index in [1.54, 1.807) is 6.33 Å². The predicted molar refractivity (Wildman–Crippen MR) is 109 cm³/mol. The Hall–Kier alpha value is -2.63. The summed E-state index contributed by atoms with van der Waals surface area (Å²) in [6, 6.07) is 5.92. The van der Waals surface area contributed by atoms with Crippen LogP contribution >= 0.6 is 0 Å². The number of nitrogens with one attached hydrogen (secondary N) is 1. The van der Waals surface area contributed by atoms with E-state index in [9.17, 15) is 9.59 Å². The van der Waals surface area contributed by atoms with Gasteiger partial charge in [-0.15, -0.1) is 0 Å². The molecule has 1 saturated carbocycles. The normalized spacial score (nSPS) is 20.6. The largest absolute Gasteiger partial charge is 0.348 e. The molecule has 1 N–H and O–H groups in total. The first-order chi connectivity index (χ1) is 14.0. The van der Waals surface area contributed by atoms with Crippen molar-refractivity contribution >= 4 is 11.8 Å². The molecule has 2 fully saturated rings. The van der Waals surface area contributed by atoms with Crippen molar-refractivity contribution in [3.05, 3.63) is 52.6 Å². The molecule has 6 nitrogen and oxygen atoms in total. The summed E-state index contributed by atoms with van der Waals surface area (Å²) in [5.74, 6) is 0.566. The number of fused-ring (bicyclic) bond motifs is 2. The highest BCUT2D eigenvalue weighted by Crippen LogP contribution is 2.45. The SMILES string of the molecule is Cc1ccc(C(=O)N2CCC3(CC2)c2nc[nH]c2CCN3C(=O)C2CC2)cc1C. The lowest BCUT2D eigenvalue weighted by Crippen LogP contribution is -2.59. The molecule has 6 heteroatoms. The number of rotatable bonds is 2. The van der Waals surface area contributed by atoms with Gasteiger partial charge in [0.2, 0.25) is 5.91 Å². The minimum absolute atomic E-state index is 0.0843. The Kier molecular flexibility index (Phi) is 4.26. The number of aryl methyl sites for hydroxylation is 2. The molecule has 1 aromatic carbocycles. The molecule has 0 bridgehead atoms. The van der Waals surface area contributed by atoms with E-state index in [-0.39, 0.29) is 23.3 Å². The maximum atomic E-state index is 13.1. The van der Waals surface area contributed by atoms with E-state index in [2.05, 4.69) is 21.8 Å². The van der Waals surface area contributed by atoms with Crippen LogP contribution in [-0.2, 0) is 16.8 Å². The predicted octanol–water partition coefficient (Wildman–Crippen LogP) is 2.95. The van der Waals surface area contributed by atoms with E-state index in [1.165, 1.54) is 5.56 Å². The summed E-state index contributed by atoms with van der Waals surface area (Å²) >= 11 is 0. The van der Waals surface area contributed by atoms with Gasteiger partial charge in [-0.05, 0) is 62.8 Å². The first-order valence-electron chi connectivity index (χ1n) is 10.7. The Morgan fingerprint density at radius 2 is 1.86 bits per heavy atom. The monoisotopic (exact) mass is 392 g/mol. The van der Waals surface area contributed by atoms with Gasteiger partial charge in [-0.1, -0.05) is 6.07 Å². The Bertz CT molecular complexity index is 967. The van der Waals surface area contributed by atoms with Crippen molar-refractivity contribution in [2.75, 3.05) is 19.6 Å². The molecular weight excluding hydrogens is 364 g/mol. The highest BCUT2D eigenvalue weighted by atomic mass is 16.2. The van der Waals surface area contributed by atoms with Gasteiger partial charge in [-0.2, -0.15) is 0 Å². The van der Waals surface area contributed by atoms with Crippen LogP contribution in [0.5, 0.6) is 0 Å². The van der Waals surface area contributed by atoms with Crippen molar-refractivity contribution in [3.8, 4) is 0 Å². The number of hydrogen-bond acceptors (Lipinski definition) is 3. The van der Waals surface area contributed by atoms with Gasteiger partial charge >= 0.3 is 0 Å². The van der Waals surface area contributed by atoms with Crippen molar-refractivity contribution in [1.82, 2.24) is 19.8 Å². The topological polar surface area (TPSA) is 69.3 Å². The number of aromatic nitrogens is 2. The molecule has 5 rings (SSSR count). The minimum Gasteiger partial charge on any atom is -0.348 e. The molecule has 3 heterocycles. The van der Waals surface area contributed by atoms with Gasteiger partial charge in [0.1, 0.15) is 0 Å². The zero-order chi connectivity index (χ0) is 20.2. The number of imidazole rings is 1. The van der Waals surface area contributed by atoms with E-state index in [0.29, 0.717) is 13.1 Å². The Morgan fingerprint density at radius 1 is 1.10 bits per heavy atom. The van der Waals surface area contributed by atoms with E-state index >= 15 is 0 Å². The molecule has 2 aliphatic heterocycles. The van der Waals surface area contributed by atoms with Gasteiger partial charge < -0.3 is 14.8 Å². The molecule has 3 aliphatic rings. The lowest BCUT2D eigenvalue weighted by Gasteiger charge is -2.50. The average molecular weight is 393 g/mol. The molecule has 1 spiro atoms. The zero-order valence-corrected chi connectivity index (χ0v) is 17.2. The number of piperidine rings is 1. The average Bonchev–Trinajstić information content (AvgIpc) is 3.47. The van der Waals surface area contributed by atoms with Crippen molar-refractivity contribution in [2.24, 2.45) is 5.92 Å². The first-order valence-corrected chi connectivity index (χ1v) is 10.7. The van der Waals surface area contributed by atoms with Crippen LogP contribution in [0.15, 0.2) is 24.5 Å². The third kappa shape index (κ3) is 2.96. The second-order valence-corrected chi connectivity index (χ2v) is 8.87. The van der Waals surface area contributed by atoms with E-state index in [0.717, 1.165) is 61.2 Å². The highest BCUT2D eigenvalue weighted by Gasteiger charge is 2.51. The third-order valence-corrected chi connectivity index (χ3v) is 7.09. The van der Waals surface area contributed by atoms with Crippen LogP contribution in [-0.4, -0.2) is 51.2 Å². The molecular formula is C23H28N4O2. The van der Waals surface area contributed by atoms with Crippen molar-refractivity contribution in [3.63, 3.8) is 0 Å². The number of aromatic amines is 1. The first kappa shape index (κ1) is 18.4. The number of amides is 2. The smallest absolute Gasteiger partial charge is 0.253 e. The molecule has 2 amide bonds. The van der Waals surface area contributed by atoms with Crippen LogP contribution in [0.4, 0.5) is 0 Å². The van der Waals surface area contributed by atoms with E-state index in [1.807, 2.05) is 30.0 Å². The second kappa shape index (κ2) is 6.71. The highest BCUT2D eigenvalue weighted by molar-refractivity contribution is 5.94. The lowest BCUT2D eigenvalue weighted by molar-refractivity contribution is -0.143. The summed E-state index contributed by atoms with van der Waals surface area (Å²) in [5, 5.41) is 0. The second-order valence-electron chi connectivity index (χ2n) is 8.87. The number of carbonyl (C=O) groups is 2. The third-order valence-electron chi connectivity index (χ3n) is 7.09. The maximum Gasteiger partial charge on any atom is 0.253 e. The summed E-state index contributed by atoms with van der Waals surface area (Å²) in [6.07, 6.45) is 6.11. The number of likely N-dealkylation sites (tertiary alicyclic amines) is 1. The van der Waals surface area contributed by atoms with E-state index < -0.39 is 0 Å². The Morgan fingerprint density at radius 3 is 2.55 bits per heavy atom. The number of carbonyl (C=O) groups excluding carboxylic acids is 2. The number of H-pyrrole nitrogens is 1. The van der Waals surface area contributed by atoms with Gasteiger partial charge in [0, 0.05) is 43.2 Å². The van der Waals surface area contributed by atoms with Crippen LogP contribution in [0.3, 0.4) is 0 Å². The van der Waals surface area contributed by atoms with Gasteiger partial charge in [0.15, 0.2) is 0 Å². The number of benzene rings is 1.